The molecule has 5 rings (SSSR count). The number of dihydropyridines is 1. The van der Waals surface area contributed by atoms with E-state index in [1.165, 1.54) is 53.2 Å². The molecule has 0 spiro atoms. The number of anilines is 3. The molecule has 2 heterocycles. The highest BCUT2D eigenvalue weighted by atomic mass is 16.6. The number of nitrogen functional groups attached to an aromatic ring is 1. The fourth-order valence-corrected chi connectivity index (χ4v) is 5.26. The molecule has 1 aromatic heterocycles. The molecule has 0 saturated heterocycles. The molecule has 0 bridgehead atoms. The first-order valence-corrected chi connectivity index (χ1v) is 14.6. The van der Waals surface area contributed by atoms with Gasteiger partial charge in [0.1, 0.15) is 18.5 Å². The third-order valence-corrected chi connectivity index (χ3v) is 7.48. The van der Waals surface area contributed by atoms with Crippen LogP contribution in [0.1, 0.15) is 25.3 Å². The van der Waals surface area contributed by atoms with Gasteiger partial charge in [0.05, 0.1) is 16.4 Å². The second-order valence-electron chi connectivity index (χ2n) is 10.9. The van der Waals surface area contributed by atoms with E-state index < -0.39 is 33.7 Å². The maximum Gasteiger partial charge on any atom is 0.271 e. The molecular weight excluding hydrogens is 640 g/mol. The van der Waals surface area contributed by atoms with Gasteiger partial charge in [-0.3, -0.25) is 29.8 Å². The summed E-state index contributed by atoms with van der Waals surface area (Å²) in [4.78, 5) is 49.3. The van der Waals surface area contributed by atoms with Crippen LogP contribution in [0.5, 0.6) is 5.75 Å². The van der Waals surface area contributed by atoms with Crippen LogP contribution in [0.15, 0.2) is 95.3 Å². The van der Waals surface area contributed by atoms with Crippen molar-refractivity contribution in [1.82, 2.24) is 25.5 Å². The molecule has 252 valence electrons. The van der Waals surface area contributed by atoms with Crippen molar-refractivity contribution in [3.63, 3.8) is 0 Å². The molecule has 1 aliphatic rings. The Kier molecular flexibility index (Phi) is 9.88. The maximum absolute atomic E-state index is 13.9. The average Bonchev–Trinajstić information content (AvgIpc) is 3.47. The van der Waals surface area contributed by atoms with E-state index in [2.05, 4.69) is 31.5 Å². The number of ether oxygens (including phenoxy) is 1. The van der Waals surface area contributed by atoms with Crippen molar-refractivity contribution >= 4 is 40.5 Å². The van der Waals surface area contributed by atoms with Gasteiger partial charge in [0.15, 0.2) is 0 Å². The predicted molar refractivity (Wildman–Crippen MR) is 175 cm³/mol. The second-order valence-corrected chi connectivity index (χ2v) is 10.9. The van der Waals surface area contributed by atoms with E-state index in [0.717, 1.165) is 0 Å². The second kappa shape index (κ2) is 14.4. The highest BCUT2D eigenvalue weighted by molar-refractivity contribution is 6.12. The molecule has 2 amide bonds. The van der Waals surface area contributed by atoms with E-state index in [0.29, 0.717) is 22.7 Å². The lowest BCUT2D eigenvalue weighted by molar-refractivity contribution is -0.385. The number of nitrogens with one attached hydrogen (secondary N) is 3. The Morgan fingerprint density at radius 3 is 1.94 bits per heavy atom. The lowest BCUT2D eigenvalue weighted by atomic mass is 9.79. The summed E-state index contributed by atoms with van der Waals surface area (Å²) in [5, 5.41) is 52.2. The number of benzene rings is 3. The van der Waals surface area contributed by atoms with Crippen molar-refractivity contribution in [2.45, 2.75) is 32.4 Å². The number of nitrogens with zero attached hydrogens (tertiary/aromatic N) is 6. The van der Waals surface area contributed by atoms with E-state index in [9.17, 15) is 34.9 Å². The summed E-state index contributed by atoms with van der Waals surface area (Å²) in [7, 11) is 0. The molecular formula is C31H30N10O8. The monoisotopic (exact) mass is 670 g/mol. The number of aliphatic hydroxyl groups is 1. The molecule has 1 aliphatic heterocycles. The molecule has 0 fully saturated rings. The van der Waals surface area contributed by atoms with Crippen LogP contribution in [0.3, 0.4) is 0 Å². The molecule has 0 radical (unpaired) electrons. The Morgan fingerprint density at radius 1 is 0.939 bits per heavy atom. The van der Waals surface area contributed by atoms with Crippen molar-refractivity contribution in [2.75, 3.05) is 23.0 Å². The number of rotatable bonds is 12. The van der Waals surface area contributed by atoms with Gasteiger partial charge in [-0.15, -0.1) is 0 Å². The fraction of sp³-hybridized carbons (Fsp3) is 0.194. The molecule has 6 N–H and O–H groups in total. The Morgan fingerprint density at radius 2 is 1.47 bits per heavy atom. The zero-order valence-corrected chi connectivity index (χ0v) is 26.1. The zero-order chi connectivity index (χ0) is 35.2. The van der Waals surface area contributed by atoms with Crippen molar-refractivity contribution in [1.29, 1.82) is 0 Å². The topological polar surface area (TPSA) is 256 Å². The Hall–Kier alpha value is -6.69. The summed E-state index contributed by atoms with van der Waals surface area (Å²) in [6.07, 6.45) is -1.00. The summed E-state index contributed by atoms with van der Waals surface area (Å²) in [5.74, 6) is -1.83. The summed E-state index contributed by atoms with van der Waals surface area (Å²) in [5.41, 5.74) is 7.15. The largest absolute Gasteiger partial charge is 0.491 e. The molecule has 4 aromatic rings. The number of nitrogens with two attached hydrogens (primary N) is 1. The van der Waals surface area contributed by atoms with Crippen LogP contribution in [-0.2, 0) is 16.1 Å². The van der Waals surface area contributed by atoms with Gasteiger partial charge in [0.2, 0.25) is 5.95 Å². The number of nitro groups is 2. The van der Waals surface area contributed by atoms with Gasteiger partial charge in [-0.25, -0.2) is 4.68 Å². The van der Waals surface area contributed by atoms with Crippen molar-refractivity contribution in [3.8, 4) is 5.75 Å². The smallest absolute Gasteiger partial charge is 0.271 e. The third-order valence-electron chi connectivity index (χ3n) is 7.48. The molecule has 1 atom stereocenters. The molecule has 0 aliphatic carbocycles. The van der Waals surface area contributed by atoms with Crippen LogP contribution in [0.2, 0.25) is 0 Å². The Balaban J connectivity index is 1.45. The van der Waals surface area contributed by atoms with Crippen LogP contribution in [0.25, 0.3) is 0 Å². The molecule has 3 aromatic carbocycles. The molecule has 18 heteroatoms. The molecule has 18 nitrogen and oxygen atoms in total. The van der Waals surface area contributed by atoms with Crippen LogP contribution >= 0.6 is 0 Å². The van der Waals surface area contributed by atoms with E-state index in [1.807, 2.05) is 0 Å². The van der Waals surface area contributed by atoms with E-state index in [-0.39, 0.29) is 53.0 Å². The van der Waals surface area contributed by atoms with Crippen LogP contribution in [-0.4, -0.2) is 59.7 Å². The van der Waals surface area contributed by atoms with Gasteiger partial charge < -0.3 is 31.5 Å². The number of carbonyl (C=O) groups excluding carboxylic acids is 2. The number of nitro benzene ring substituents is 2. The Labute approximate surface area is 277 Å². The lowest BCUT2D eigenvalue weighted by Crippen LogP contribution is -2.35. The summed E-state index contributed by atoms with van der Waals surface area (Å²) >= 11 is 0. The lowest BCUT2D eigenvalue weighted by Gasteiger charge is -2.31. The van der Waals surface area contributed by atoms with E-state index in [1.54, 1.807) is 38.1 Å². The van der Waals surface area contributed by atoms with Crippen LogP contribution in [0, 0.1) is 20.2 Å². The third kappa shape index (κ3) is 7.83. The SMILES string of the molecule is CC1=C(C(=O)Nc2cccc([N+](=O)[O-])c2)C(c2ccc(OCC(O)Cn3nnnc3N)cc2)C(C(=O)Nc2cccc([N+](=O)[O-])c2)=C(C)N1. The number of aromatic nitrogens is 4. The summed E-state index contributed by atoms with van der Waals surface area (Å²) in [6.45, 7) is 3.18. The van der Waals surface area contributed by atoms with Crippen molar-refractivity contribution in [2.24, 2.45) is 0 Å². The van der Waals surface area contributed by atoms with Gasteiger partial charge >= 0.3 is 0 Å². The Bertz CT molecular complexity index is 1900. The van der Waals surface area contributed by atoms with Gasteiger partial charge in [-0.05, 0) is 54.1 Å². The predicted octanol–water partition coefficient (Wildman–Crippen LogP) is 3.02. The zero-order valence-electron chi connectivity index (χ0n) is 26.1. The highest BCUT2D eigenvalue weighted by Crippen LogP contribution is 2.40. The maximum atomic E-state index is 13.9. The molecule has 0 saturated carbocycles. The van der Waals surface area contributed by atoms with Crippen molar-refractivity contribution in [3.05, 3.63) is 121 Å². The minimum atomic E-state index is -1.00. The van der Waals surface area contributed by atoms with Crippen LogP contribution < -0.4 is 26.4 Å². The quantitative estimate of drug-likeness (QED) is 0.107. The van der Waals surface area contributed by atoms with Crippen molar-refractivity contribution < 1.29 is 29.3 Å². The number of carbonyl (C=O) groups is 2. The number of hydrogen-bond acceptors (Lipinski definition) is 13. The standard InChI is InChI=1S/C31H30N10O8/c1-17-26(29(43)34-20-5-3-7-22(13-20)40(45)46)28(27(18(2)33-17)30(44)35-21-6-4-8-23(14-21)41(47)48)19-9-11-25(12-10-19)49-16-24(42)15-39-31(32)36-37-38-39/h3-14,24,28,33,42H,15-16H2,1-2H3,(H,34,43)(H,35,44)(H2,32,36,38). The number of tetrazole rings is 1. The summed E-state index contributed by atoms with van der Waals surface area (Å²) in [6, 6.07) is 17.4. The number of amides is 2. The number of hydrogen-bond donors (Lipinski definition) is 5. The first-order chi connectivity index (χ1) is 23.4. The minimum absolute atomic E-state index is 0.00772. The molecule has 49 heavy (non-hydrogen) atoms. The van der Waals surface area contributed by atoms with Gasteiger partial charge in [-0.1, -0.05) is 29.4 Å². The fourth-order valence-electron chi connectivity index (χ4n) is 5.26. The van der Waals surface area contributed by atoms with Gasteiger partial charge in [0, 0.05) is 64.1 Å². The van der Waals surface area contributed by atoms with E-state index in [4.69, 9.17) is 10.5 Å². The highest BCUT2D eigenvalue weighted by Gasteiger charge is 2.37. The number of aliphatic hydroxyl groups excluding tert-OH is 1. The number of non-ortho nitro benzene ring substituents is 2. The normalized spacial score (nSPS) is 13.8. The first-order valence-electron chi connectivity index (χ1n) is 14.6. The molecule has 1 unspecified atom stereocenters. The average molecular weight is 671 g/mol. The first kappa shape index (κ1) is 33.7. The van der Waals surface area contributed by atoms with Gasteiger partial charge in [-0.2, -0.15) is 0 Å². The van der Waals surface area contributed by atoms with Crippen LogP contribution in [0.4, 0.5) is 28.7 Å². The minimum Gasteiger partial charge on any atom is -0.491 e. The number of allylic oxidation sites excluding steroid dienone is 2. The summed E-state index contributed by atoms with van der Waals surface area (Å²) < 4.78 is 6.95. The van der Waals surface area contributed by atoms with E-state index >= 15 is 0 Å². The van der Waals surface area contributed by atoms with Gasteiger partial charge in [0.25, 0.3) is 23.2 Å².